The highest BCUT2D eigenvalue weighted by Crippen LogP contribution is 2.26. The van der Waals surface area contributed by atoms with Gasteiger partial charge in [0.05, 0.1) is 11.4 Å². The summed E-state index contributed by atoms with van der Waals surface area (Å²) >= 11 is 0. The number of carbonyl (C=O) groups is 1. The van der Waals surface area contributed by atoms with Crippen LogP contribution in [-0.4, -0.2) is 97.8 Å². The summed E-state index contributed by atoms with van der Waals surface area (Å²) in [4.78, 5) is 20.2. The van der Waals surface area contributed by atoms with Gasteiger partial charge in [-0.2, -0.15) is 4.31 Å². The van der Waals surface area contributed by atoms with Gasteiger partial charge in [0.15, 0.2) is 0 Å². The predicted octanol–water partition coefficient (Wildman–Crippen LogP) is 1.39. The number of rotatable bonds is 5. The maximum absolute atomic E-state index is 13.1. The van der Waals surface area contributed by atoms with Crippen LogP contribution in [0.3, 0.4) is 0 Å². The van der Waals surface area contributed by atoms with E-state index in [1.807, 2.05) is 19.1 Å². The molecule has 0 aromatic heterocycles. The van der Waals surface area contributed by atoms with E-state index < -0.39 is 10.0 Å². The van der Waals surface area contributed by atoms with Crippen molar-refractivity contribution in [2.24, 2.45) is 0 Å². The molecule has 2 atom stereocenters. The number of sulfonamides is 1. The quantitative estimate of drug-likeness (QED) is 0.701. The van der Waals surface area contributed by atoms with E-state index in [2.05, 4.69) is 21.6 Å². The van der Waals surface area contributed by atoms with Crippen molar-refractivity contribution >= 4 is 15.9 Å². The van der Waals surface area contributed by atoms with Gasteiger partial charge in [0.2, 0.25) is 15.9 Å². The molecule has 1 amide bonds. The van der Waals surface area contributed by atoms with Crippen molar-refractivity contribution in [3.8, 4) is 0 Å². The van der Waals surface area contributed by atoms with Gasteiger partial charge >= 0.3 is 0 Å². The van der Waals surface area contributed by atoms with Crippen molar-refractivity contribution in [3.63, 3.8) is 0 Å². The van der Waals surface area contributed by atoms with Crippen molar-refractivity contribution in [2.75, 3.05) is 52.4 Å². The van der Waals surface area contributed by atoms with Gasteiger partial charge in [-0.3, -0.25) is 14.6 Å². The molecule has 3 aliphatic rings. The zero-order valence-electron chi connectivity index (χ0n) is 18.2. The molecular formula is C22H34N4O3S. The molecule has 4 rings (SSSR count). The summed E-state index contributed by atoms with van der Waals surface area (Å²) in [6.07, 6.45) is 3.41. The molecule has 0 spiro atoms. The summed E-state index contributed by atoms with van der Waals surface area (Å²) in [6.45, 7) is 9.55. The van der Waals surface area contributed by atoms with Crippen molar-refractivity contribution < 1.29 is 13.2 Å². The van der Waals surface area contributed by atoms with E-state index in [-0.39, 0.29) is 5.91 Å². The molecule has 0 saturated carbocycles. The van der Waals surface area contributed by atoms with E-state index in [4.69, 9.17) is 0 Å². The number of piperazine rings is 2. The normalized spacial score (nSPS) is 26.7. The number of hydrogen-bond acceptors (Lipinski definition) is 5. The minimum Gasteiger partial charge on any atom is -0.336 e. The minimum atomic E-state index is -3.47. The van der Waals surface area contributed by atoms with E-state index in [1.54, 1.807) is 16.4 Å². The zero-order chi connectivity index (χ0) is 21.3. The highest BCUT2D eigenvalue weighted by atomic mass is 32.2. The van der Waals surface area contributed by atoms with Crippen LogP contribution in [0.5, 0.6) is 0 Å². The molecule has 3 saturated heterocycles. The monoisotopic (exact) mass is 434 g/mol. The Kier molecular flexibility index (Phi) is 6.48. The Hall–Kier alpha value is -1.48. The topological polar surface area (TPSA) is 64.2 Å². The highest BCUT2D eigenvalue weighted by Gasteiger charge is 2.38. The summed E-state index contributed by atoms with van der Waals surface area (Å²) in [5.74, 6) is 0.197. The average molecular weight is 435 g/mol. The van der Waals surface area contributed by atoms with Gasteiger partial charge in [-0.25, -0.2) is 8.42 Å². The van der Waals surface area contributed by atoms with Crippen LogP contribution >= 0.6 is 0 Å². The van der Waals surface area contributed by atoms with Crippen molar-refractivity contribution in [1.82, 2.24) is 19.0 Å². The van der Waals surface area contributed by atoms with Crippen LogP contribution in [0.25, 0.3) is 0 Å². The van der Waals surface area contributed by atoms with Gasteiger partial charge in [-0.15, -0.1) is 0 Å². The summed E-state index contributed by atoms with van der Waals surface area (Å²) in [7, 11) is -3.47. The minimum absolute atomic E-state index is 0.197. The van der Waals surface area contributed by atoms with Crippen LogP contribution in [0.1, 0.15) is 31.7 Å². The maximum atomic E-state index is 13.1. The second-order valence-electron chi connectivity index (χ2n) is 8.89. The van der Waals surface area contributed by atoms with Crippen molar-refractivity contribution in [1.29, 1.82) is 0 Å². The van der Waals surface area contributed by atoms with Gasteiger partial charge in [0.1, 0.15) is 0 Å². The van der Waals surface area contributed by atoms with Crippen LogP contribution in [0.2, 0.25) is 0 Å². The number of amides is 1. The predicted molar refractivity (Wildman–Crippen MR) is 117 cm³/mol. The lowest BCUT2D eigenvalue weighted by Crippen LogP contribution is -2.60. The van der Waals surface area contributed by atoms with E-state index >= 15 is 0 Å². The summed E-state index contributed by atoms with van der Waals surface area (Å²) in [6, 6.07) is 7.83. The largest absolute Gasteiger partial charge is 0.336 e. The maximum Gasteiger partial charge on any atom is 0.243 e. The van der Waals surface area contributed by atoms with E-state index in [0.717, 1.165) is 25.1 Å². The third kappa shape index (κ3) is 4.42. The molecule has 3 aliphatic heterocycles. The summed E-state index contributed by atoms with van der Waals surface area (Å²) in [5, 5.41) is 0. The Morgan fingerprint density at radius 2 is 1.73 bits per heavy atom. The van der Waals surface area contributed by atoms with Gasteiger partial charge in [-0.05, 0) is 44.9 Å². The first-order chi connectivity index (χ1) is 14.4. The zero-order valence-corrected chi connectivity index (χ0v) is 19.0. The SMILES string of the molecule is CC[C@@H]1CN2CCC[C@@H]2CN1C(=O)CN1CCN(S(=O)(=O)c2ccc(C)cc2)CC1. The standard InChI is InChI=1S/C22H34N4O3S/c1-3-19-15-24-10-4-5-20(24)16-26(19)22(27)17-23-11-13-25(14-12-23)30(28,29)21-8-6-18(2)7-9-21/h6-9,19-20H,3-5,10-17H2,1-2H3/t19-,20-/m1/s1. The van der Waals surface area contributed by atoms with Crippen LogP contribution in [0, 0.1) is 6.92 Å². The number of carbonyl (C=O) groups excluding carboxylic acids is 1. The fraction of sp³-hybridized carbons (Fsp3) is 0.682. The van der Waals surface area contributed by atoms with E-state index in [9.17, 15) is 13.2 Å². The Morgan fingerprint density at radius 3 is 2.40 bits per heavy atom. The van der Waals surface area contributed by atoms with Crippen LogP contribution < -0.4 is 0 Å². The number of nitrogens with zero attached hydrogens (tertiary/aromatic N) is 4. The van der Waals surface area contributed by atoms with E-state index in [1.165, 1.54) is 19.4 Å². The summed E-state index contributed by atoms with van der Waals surface area (Å²) < 4.78 is 27.3. The number of fused-ring (bicyclic) bond motifs is 1. The average Bonchev–Trinajstić information content (AvgIpc) is 3.21. The number of benzene rings is 1. The van der Waals surface area contributed by atoms with E-state index in [0.29, 0.717) is 49.7 Å². The van der Waals surface area contributed by atoms with Crippen LogP contribution in [-0.2, 0) is 14.8 Å². The van der Waals surface area contributed by atoms with Gasteiger partial charge in [0, 0.05) is 51.4 Å². The Labute approximate surface area is 180 Å². The number of aryl methyl sites for hydroxylation is 1. The molecule has 1 aromatic carbocycles. The molecule has 3 heterocycles. The van der Waals surface area contributed by atoms with Gasteiger partial charge in [-0.1, -0.05) is 24.6 Å². The molecule has 0 N–H and O–H groups in total. The smallest absolute Gasteiger partial charge is 0.243 e. The molecule has 3 fully saturated rings. The van der Waals surface area contributed by atoms with Crippen LogP contribution in [0.15, 0.2) is 29.2 Å². The Morgan fingerprint density at radius 1 is 1.03 bits per heavy atom. The third-order valence-electron chi connectivity index (χ3n) is 6.93. The second kappa shape index (κ2) is 8.94. The highest BCUT2D eigenvalue weighted by molar-refractivity contribution is 7.89. The lowest BCUT2D eigenvalue weighted by molar-refractivity contribution is -0.138. The molecule has 0 radical (unpaired) electrons. The lowest BCUT2D eigenvalue weighted by Gasteiger charge is -2.44. The molecule has 166 valence electrons. The molecule has 0 bridgehead atoms. The molecule has 0 unspecified atom stereocenters. The number of hydrogen-bond donors (Lipinski definition) is 0. The second-order valence-corrected chi connectivity index (χ2v) is 10.8. The van der Waals surface area contributed by atoms with Gasteiger partial charge in [0.25, 0.3) is 0 Å². The molecule has 30 heavy (non-hydrogen) atoms. The molecule has 1 aromatic rings. The summed E-state index contributed by atoms with van der Waals surface area (Å²) in [5.41, 5.74) is 1.04. The molecular weight excluding hydrogens is 400 g/mol. The molecule has 0 aliphatic carbocycles. The first kappa shape index (κ1) is 21.7. The fourth-order valence-electron chi connectivity index (χ4n) is 5.01. The lowest BCUT2D eigenvalue weighted by atomic mass is 10.0. The Bertz CT molecular complexity index is 850. The molecule has 7 nitrogen and oxygen atoms in total. The fourth-order valence-corrected chi connectivity index (χ4v) is 6.43. The molecule has 8 heteroatoms. The van der Waals surface area contributed by atoms with Crippen molar-refractivity contribution in [2.45, 2.75) is 50.1 Å². The van der Waals surface area contributed by atoms with Gasteiger partial charge < -0.3 is 4.90 Å². The van der Waals surface area contributed by atoms with Crippen molar-refractivity contribution in [3.05, 3.63) is 29.8 Å². The first-order valence-corrected chi connectivity index (χ1v) is 12.6. The third-order valence-corrected chi connectivity index (χ3v) is 8.85. The Balaban J connectivity index is 1.33. The first-order valence-electron chi connectivity index (χ1n) is 11.2. The van der Waals surface area contributed by atoms with Crippen LogP contribution in [0.4, 0.5) is 0 Å².